The van der Waals surface area contributed by atoms with Gasteiger partial charge in [0.05, 0.1) is 15.5 Å². The molecule has 0 fully saturated rings. The Morgan fingerprint density at radius 1 is 1.12 bits per heavy atom. The van der Waals surface area contributed by atoms with Crippen LogP contribution in [0.25, 0.3) is 0 Å². The minimum Gasteiger partial charge on any atom is -0.308 e. The third kappa shape index (κ3) is 3.27. The van der Waals surface area contributed by atoms with E-state index in [9.17, 15) is 13.2 Å². The Morgan fingerprint density at radius 2 is 1.84 bits per heavy atom. The van der Waals surface area contributed by atoms with Gasteiger partial charge in [0, 0.05) is 31.4 Å². The lowest BCUT2D eigenvalue weighted by atomic mass is 10.1. The molecule has 0 aromatic heterocycles. The lowest BCUT2D eigenvalue weighted by Gasteiger charge is -2.19. The van der Waals surface area contributed by atoms with Crippen molar-refractivity contribution in [1.82, 2.24) is 4.31 Å². The second-order valence-electron chi connectivity index (χ2n) is 5.91. The first-order chi connectivity index (χ1) is 11.7. The summed E-state index contributed by atoms with van der Waals surface area (Å²) in [6, 6.07) is 9.55. The van der Waals surface area contributed by atoms with Gasteiger partial charge < -0.3 is 4.90 Å². The molecule has 1 heterocycles. The SMILES string of the molecule is CN(C)S(=O)(=O)c1ccc2c(c1)CCN2C(=O)c1ccc(Cl)cc1Cl. The minimum absolute atomic E-state index is 0.218. The van der Waals surface area contributed by atoms with Crippen LogP contribution >= 0.6 is 23.2 Å². The third-order valence-corrected chi connectivity index (χ3v) is 6.49. The fraction of sp³-hybridized carbons (Fsp3) is 0.235. The number of fused-ring (bicyclic) bond motifs is 1. The van der Waals surface area contributed by atoms with Crippen LogP contribution in [-0.2, 0) is 16.4 Å². The minimum atomic E-state index is -3.51. The highest BCUT2D eigenvalue weighted by atomic mass is 35.5. The predicted octanol–water partition coefficient (Wildman–Crippen LogP) is 3.45. The Labute approximate surface area is 156 Å². The predicted molar refractivity (Wildman–Crippen MR) is 99.2 cm³/mol. The highest BCUT2D eigenvalue weighted by Crippen LogP contribution is 2.33. The van der Waals surface area contributed by atoms with Gasteiger partial charge in [-0.05, 0) is 48.4 Å². The van der Waals surface area contributed by atoms with Crippen LogP contribution in [0.5, 0.6) is 0 Å². The molecule has 3 rings (SSSR count). The zero-order valence-electron chi connectivity index (χ0n) is 13.7. The van der Waals surface area contributed by atoms with E-state index in [4.69, 9.17) is 23.2 Å². The first-order valence-corrected chi connectivity index (χ1v) is 9.74. The summed E-state index contributed by atoms with van der Waals surface area (Å²) in [5, 5.41) is 0.750. The first kappa shape index (κ1) is 18.2. The summed E-state index contributed by atoms with van der Waals surface area (Å²) in [7, 11) is -0.532. The molecular formula is C17H16Cl2N2O3S. The van der Waals surface area contributed by atoms with Crippen LogP contribution in [0.1, 0.15) is 15.9 Å². The molecule has 0 radical (unpaired) electrons. The number of anilines is 1. The monoisotopic (exact) mass is 398 g/mol. The van der Waals surface area contributed by atoms with Crippen molar-refractivity contribution in [3.63, 3.8) is 0 Å². The van der Waals surface area contributed by atoms with E-state index >= 15 is 0 Å². The van der Waals surface area contributed by atoms with Gasteiger partial charge in [-0.25, -0.2) is 12.7 Å². The van der Waals surface area contributed by atoms with E-state index in [0.29, 0.717) is 29.2 Å². The summed E-state index contributed by atoms with van der Waals surface area (Å²) in [6.07, 6.45) is 0.586. The van der Waals surface area contributed by atoms with Gasteiger partial charge in [0.2, 0.25) is 10.0 Å². The molecule has 0 saturated heterocycles. The van der Waals surface area contributed by atoms with E-state index in [1.54, 1.807) is 29.2 Å². The van der Waals surface area contributed by atoms with Crippen LogP contribution in [0.2, 0.25) is 10.0 Å². The van der Waals surface area contributed by atoms with Crippen LogP contribution in [0.4, 0.5) is 5.69 Å². The van der Waals surface area contributed by atoms with Gasteiger partial charge in [-0.1, -0.05) is 23.2 Å². The molecule has 0 N–H and O–H groups in total. The van der Waals surface area contributed by atoms with Crippen LogP contribution in [0.3, 0.4) is 0 Å². The first-order valence-electron chi connectivity index (χ1n) is 7.54. The standard InChI is InChI=1S/C17H16Cl2N2O3S/c1-20(2)25(23,24)13-4-6-16-11(9-13)7-8-21(16)17(22)14-5-3-12(18)10-15(14)19/h3-6,9-10H,7-8H2,1-2H3. The summed E-state index contributed by atoms with van der Waals surface area (Å²) in [4.78, 5) is 14.6. The summed E-state index contributed by atoms with van der Waals surface area (Å²) >= 11 is 12.0. The van der Waals surface area contributed by atoms with Gasteiger partial charge in [-0.2, -0.15) is 0 Å². The molecule has 0 spiro atoms. The van der Waals surface area contributed by atoms with E-state index in [2.05, 4.69) is 0 Å². The van der Waals surface area contributed by atoms with Crippen molar-refractivity contribution in [2.75, 3.05) is 25.5 Å². The summed E-state index contributed by atoms with van der Waals surface area (Å²) < 4.78 is 25.7. The van der Waals surface area contributed by atoms with Crippen LogP contribution < -0.4 is 4.90 Å². The Hall–Kier alpha value is -1.60. The average molecular weight is 399 g/mol. The molecule has 0 atom stereocenters. The number of benzene rings is 2. The molecule has 0 bridgehead atoms. The van der Waals surface area contributed by atoms with Crippen LogP contribution in [-0.4, -0.2) is 39.3 Å². The zero-order chi connectivity index (χ0) is 18.4. The van der Waals surface area contributed by atoms with Crippen molar-refractivity contribution in [2.45, 2.75) is 11.3 Å². The van der Waals surface area contributed by atoms with Gasteiger partial charge in [0.1, 0.15) is 0 Å². The maximum Gasteiger partial charge on any atom is 0.259 e. The molecule has 0 aliphatic carbocycles. The fourth-order valence-electron chi connectivity index (χ4n) is 2.77. The van der Waals surface area contributed by atoms with Gasteiger partial charge in [0.25, 0.3) is 5.91 Å². The summed E-state index contributed by atoms with van der Waals surface area (Å²) in [5.74, 6) is -0.233. The molecule has 0 saturated carbocycles. The molecule has 5 nitrogen and oxygen atoms in total. The lowest BCUT2D eigenvalue weighted by molar-refractivity contribution is 0.0989. The van der Waals surface area contributed by atoms with E-state index in [1.165, 1.54) is 30.5 Å². The largest absolute Gasteiger partial charge is 0.308 e. The van der Waals surface area contributed by atoms with Gasteiger partial charge in [-0.3, -0.25) is 4.79 Å². The van der Waals surface area contributed by atoms with Crippen LogP contribution in [0.15, 0.2) is 41.3 Å². The Kier molecular flexibility index (Phi) is 4.81. The number of nitrogens with zero attached hydrogens (tertiary/aromatic N) is 2. The normalized spacial score (nSPS) is 14.0. The zero-order valence-corrected chi connectivity index (χ0v) is 16.0. The number of rotatable bonds is 3. The molecular weight excluding hydrogens is 383 g/mol. The Morgan fingerprint density at radius 3 is 2.48 bits per heavy atom. The van der Waals surface area contributed by atoms with Gasteiger partial charge >= 0.3 is 0 Å². The number of hydrogen-bond donors (Lipinski definition) is 0. The number of sulfonamides is 1. The number of carbonyl (C=O) groups is 1. The van der Waals surface area contributed by atoms with Crippen molar-refractivity contribution in [1.29, 1.82) is 0 Å². The smallest absolute Gasteiger partial charge is 0.259 e. The highest BCUT2D eigenvalue weighted by molar-refractivity contribution is 7.89. The van der Waals surface area contributed by atoms with E-state index in [1.807, 2.05) is 0 Å². The van der Waals surface area contributed by atoms with E-state index < -0.39 is 10.0 Å². The van der Waals surface area contributed by atoms with Crippen molar-refractivity contribution in [3.05, 3.63) is 57.6 Å². The molecule has 132 valence electrons. The van der Waals surface area contributed by atoms with Gasteiger partial charge in [-0.15, -0.1) is 0 Å². The number of halogens is 2. The molecule has 25 heavy (non-hydrogen) atoms. The lowest BCUT2D eigenvalue weighted by Crippen LogP contribution is -2.29. The number of hydrogen-bond acceptors (Lipinski definition) is 3. The Balaban J connectivity index is 1.96. The van der Waals surface area contributed by atoms with Crippen molar-refractivity contribution < 1.29 is 13.2 Å². The third-order valence-electron chi connectivity index (χ3n) is 4.13. The maximum atomic E-state index is 12.8. The quantitative estimate of drug-likeness (QED) is 0.795. The molecule has 1 amide bonds. The summed E-state index contributed by atoms with van der Waals surface area (Å²) in [5.41, 5.74) is 1.89. The number of carbonyl (C=O) groups excluding carboxylic acids is 1. The molecule has 2 aromatic carbocycles. The molecule has 8 heteroatoms. The molecule has 2 aromatic rings. The molecule has 0 unspecified atom stereocenters. The second-order valence-corrected chi connectivity index (χ2v) is 8.90. The number of amides is 1. The molecule has 1 aliphatic rings. The maximum absolute atomic E-state index is 12.8. The van der Waals surface area contributed by atoms with Crippen LogP contribution in [0, 0.1) is 0 Å². The topological polar surface area (TPSA) is 57.7 Å². The fourth-order valence-corrected chi connectivity index (χ4v) is 4.21. The average Bonchev–Trinajstić information content (AvgIpc) is 2.97. The van der Waals surface area contributed by atoms with Crippen molar-refractivity contribution >= 4 is 44.8 Å². The second kappa shape index (κ2) is 6.61. The highest BCUT2D eigenvalue weighted by Gasteiger charge is 2.28. The van der Waals surface area contributed by atoms with E-state index in [0.717, 1.165) is 5.56 Å². The molecule has 1 aliphatic heterocycles. The Bertz CT molecular complexity index is 958. The van der Waals surface area contributed by atoms with Crippen molar-refractivity contribution in [3.8, 4) is 0 Å². The summed E-state index contributed by atoms with van der Waals surface area (Å²) in [6.45, 7) is 0.471. The van der Waals surface area contributed by atoms with E-state index in [-0.39, 0.29) is 15.8 Å². The van der Waals surface area contributed by atoms with Gasteiger partial charge in [0.15, 0.2) is 0 Å². The van der Waals surface area contributed by atoms with Crippen molar-refractivity contribution in [2.24, 2.45) is 0 Å².